The minimum Gasteiger partial charge on any atom is -0.497 e. The molecule has 7 nitrogen and oxygen atoms in total. The predicted molar refractivity (Wildman–Crippen MR) is 135 cm³/mol. The third-order valence-electron chi connectivity index (χ3n) is 5.73. The molecule has 2 atom stereocenters. The third kappa shape index (κ3) is 4.22. The van der Waals surface area contributed by atoms with Gasteiger partial charge in [-0.2, -0.15) is 0 Å². The second kappa shape index (κ2) is 9.40. The number of hydrogen-bond donors (Lipinski definition) is 2. The van der Waals surface area contributed by atoms with E-state index in [0.717, 1.165) is 22.4 Å². The van der Waals surface area contributed by atoms with Crippen LogP contribution in [0.25, 0.3) is 11.4 Å². The zero-order valence-corrected chi connectivity index (χ0v) is 20.1. The number of hydrogen-bond acceptors (Lipinski definition) is 6. The van der Waals surface area contributed by atoms with Crippen molar-refractivity contribution in [2.24, 2.45) is 0 Å². The third-order valence-corrected chi connectivity index (χ3v) is 7.35. The molecule has 1 aliphatic heterocycles. The lowest BCUT2D eigenvalue weighted by Gasteiger charge is -2.33. The number of carbonyl (C=O) groups excluding carboxylic acids is 1. The van der Waals surface area contributed by atoms with E-state index in [1.165, 1.54) is 11.8 Å². The Morgan fingerprint density at radius 2 is 1.82 bits per heavy atom. The summed E-state index contributed by atoms with van der Waals surface area (Å²) in [4.78, 5) is 13.5. The first-order chi connectivity index (χ1) is 16.5. The molecule has 4 aromatic rings. The average molecular weight is 492 g/mol. The van der Waals surface area contributed by atoms with Crippen LogP contribution in [-0.4, -0.2) is 33.1 Å². The number of methoxy groups -OCH3 is 1. The number of nitrogens with zero attached hydrogens (tertiary/aromatic N) is 3. The van der Waals surface area contributed by atoms with Crippen molar-refractivity contribution < 1.29 is 9.53 Å². The summed E-state index contributed by atoms with van der Waals surface area (Å²) in [5.74, 6) is 1.28. The molecule has 0 saturated carbocycles. The SMILES string of the molecule is COc1ccc([C@@H]2Nn3c(nnc3-c3ccccc3)S[C@H]2C(=O)Nc2cccc(Cl)c2C)cc1. The van der Waals surface area contributed by atoms with E-state index >= 15 is 0 Å². The summed E-state index contributed by atoms with van der Waals surface area (Å²) < 4.78 is 7.16. The topological polar surface area (TPSA) is 81.1 Å². The Labute approximate surface area is 206 Å². The smallest absolute Gasteiger partial charge is 0.240 e. The summed E-state index contributed by atoms with van der Waals surface area (Å²) in [5.41, 5.74) is 6.86. The summed E-state index contributed by atoms with van der Waals surface area (Å²) in [6.45, 7) is 1.88. The fraction of sp³-hybridized carbons (Fsp3) is 0.160. The van der Waals surface area contributed by atoms with E-state index in [2.05, 4.69) is 20.9 Å². The van der Waals surface area contributed by atoms with Crippen LogP contribution in [0.1, 0.15) is 17.2 Å². The normalized spacial score (nSPS) is 16.9. The van der Waals surface area contributed by atoms with E-state index in [1.54, 1.807) is 13.2 Å². The Morgan fingerprint density at radius 1 is 1.06 bits per heavy atom. The van der Waals surface area contributed by atoms with Crippen LogP contribution in [0.4, 0.5) is 5.69 Å². The molecular weight excluding hydrogens is 470 g/mol. The second-order valence-electron chi connectivity index (χ2n) is 7.83. The van der Waals surface area contributed by atoms with Gasteiger partial charge in [0, 0.05) is 16.3 Å². The van der Waals surface area contributed by atoms with Gasteiger partial charge in [0.25, 0.3) is 0 Å². The first kappa shape index (κ1) is 22.3. The fourth-order valence-corrected chi connectivity index (χ4v) is 5.09. The van der Waals surface area contributed by atoms with Crippen LogP contribution in [0.3, 0.4) is 0 Å². The molecule has 1 aromatic heterocycles. The highest BCUT2D eigenvalue weighted by Crippen LogP contribution is 2.39. The van der Waals surface area contributed by atoms with E-state index in [-0.39, 0.29) is 11.9 Å². The largest absolute Gasteiger partial charge is 0.497 e. The molecule has 0 fully saturated rings. The fourth-order valence-electron chi connectivity index (χ4n) is 3.84. The van der Waals surface area contributed by atoms with Gasteiger partial charge in [0.05, 0.1) is 13.2 Å². The number of carbonyl (C=O) groups is 1. The number of halogens is 1. The lowest BCUT2D eigenvalue weighted by atomic mass is 10.0. The number of amides is 1. The van der Waals surface area contributed by atoms with Crippen LogP contribution in [0.2, 0.25) is 5.02 Å². The van der Waals surface area contributed by atoms with E-state index < -0.39 is 5.25 Å². The number of rotatable bonds is 5. The van der Waals surface area contributed by atoms with Gasteiger partial charge < -0.3 is 15.5 Å². The average Bonchev–Trinajstić information content (AvgIpc) is 3.29. The molecule has 34 heavy (non-hydrogen) atoms. The maximum absolute atomic E-state index is 13.5. The van der Waals surface area contributed by atoms with Crippen LogP contribution in [0, 0.1) is 6.92 Å². The van der Waals surface area contributed by atoms with Crippen molar-refractivity contribution >= 4 is 35.0 Å². The Hall–Kier alpha value is -3.49. The van der Waals surface area contributed by atoms with Crippen molar-refractivity contribution in [1.82, 2.24) is 14.9 Å². The summed E-state index contributed by atoms with van der Waals surface area (Å²) in [6, 6.07) is 22.6. The molecule has 0 spiro atoms. The number of thioether (sulfide) groups is 1. The second-order valence-corrected chi connectivity index (χ2v) is 9.34. The van der Waals surface area contributed by atoms with Crippen molar-refractivity contribution in [3.05, 3.63) is 88.9 Å². The van der Waals surface area contributed by atoms with Gasteiger partial charge >= 0.3 is 0 Å². The Balaban J connectivity index is 1.52. The molecule has 0 aliphatic carbocycles. The van der Waals surface area contributed by atoms with Crippen molar-refractivity contribution in [1.29, 1.82) is 0 Å². The monoisotopic (exact) mass is 491 g/mol. The maximum Gasteiger partial charge on any atom is 0.240 e. The maximum atomic E-state index is 13.5. The van der Waals surface area contributed by atoms with Gasteiger partial charge in [0.15, 0.2) is 5.82 Å². The number of nitrogens with one attached hydrogen (secondary N) is 2. The summed E-state index contributed by atoms with van der Waals surface area (Å²) in [5, 5.41) is 12.5. The first-order valence-electron chi connectivity index (χ1n) is 10.7. The quantitative estimate of drug-likeness (QED) is 0.393. The van der Waals surface area contributed by atoms with Gasteiger partial charge in [0.1, 0.15) is 11.0 Å². The summed E-state index contributed by atoms with van der Waals surface area (Å²) >= 11 is 7.64. The molecule has 0 bridgehead atoms. The van der Waals surface area contributed by atoms with Crippen LogP contribution in [0.15, 0.2) is 78.0 Å². The number of ether oxygens (including phenoxy) is 1. The Bertz CT molecular complexity index is 1330. The molecular formula is C25H22ClN5O2S. The number of benzene rings is 3. The van der Waals surface area contributed by atoms with Gasteiger partial charge in [-0.15, -0.1) is 10.2 Å². The van der Waals surface area contributed by atoms with Crippen molar-refractivity contribution in [2.75, 3.05) is 17.9 Å². The van der Waals surface area contributed by atoms with Crippen molar-refractivity contribution in [3.8, 4) is 17.1 Å². The lowest BCUT2D eigenvalue weighted by molar-refractivity contribution is -0.116. The number of anilines is 1. The van der Waals surface area contributed by atoms with Gasteiger partial charge in [-0.3, -0.25) is 4.79 Å². The molecule has 0 radical (unpaired) electrons. The standard InChI is InChI=1S/C25H22ClN5O2S/c1-15-19(26)9-6-10-20(15)27-24(32)22-21(16-11-13-18(33-2)14-12-16)30-31-23(28-29-25(31)34-22)17-7-4-3-5-8-17/h3-14,21-22,30H,1-2H3,(H,27,32)/t21-,22+/m0/s1. The van der Waals surface area contributed by atoms with Gasteiger partial charge in [0.2, 0.25) is 11.1 Å². The minimum absolute atomic E-state index is 0.154. The molecule has 172 valence electrons. The van der Waals surface area contributed by atoms with Gasteiger partial charge in [-0.1, -0.05) is 71.9 Å². The molecule has 2 heterocycles. The highest BCUT2D eigenvalue weighted by molar-refractivity contribution is 8.00. The van der Waals surface area contributed by atoms with Gasteiger partial charge in [-0.25, -0.2) is 4.68 Å². The minimum atomic E-state index is -0.507. The van der Waals surface area contributed by atoms with Crippen LogP contribution in [0.5, 0.6) is 5.75 Å². The molecule has 0 saturated heterocycles. The predicted octanol–water partition coefficient (Wildman–Crippen LogP) is 5.31. The summed E-state index contributed by atoms with van der Waals surface area (Å²) in [6.07, 6.45) is 0. The van der Waals surface area contributed by atoms with Crippen LogP contribution < -0.4 is 15.5 Å². The molecule has 5 rings (SSSR count). The Morgan fingerprint density at radius 3 is 2.56 bits per heavy atom. The van der Waals surface area contributed by atoms with Crippen molar-refractivity contribution in [3.63, 3.8) is 0 Å². The first-order valence-corrected chi connectivity index (χ1v) is 11.9. The zero-order valence-electron chi connectivity index (χ0n) is 18.5. The highest BCUT2D eigenvalue weighted by atomic mass is 35.5. The lowest BCUT2D eigenvalue weighted by Crippen LogP contribution is -2.41. The zero-order chi connectivity index (χ0) is 23.7. The molecule has 9 heteroatoms. The number of aromatic nitrogens is 3. The van der Waals surface area contributed by atoms with Crippen molar-refractivity contribution in [2.45, 2.75) is 23.4 Å². The van der Waals surface area contributed by atoms with Gasteiger partial charge in [-0.05, 0) is 42.3 Å². The molecule has 3 aromatic carbocycles. The highest BCUT2D eigenvalue weighted by Gasteiger charge is 2.38. The van der Waals surface area contributed by atoms with E-state index in [4.69, 9.17) is 16.3 Å². The van der Waals surface area contributed by atoms with Crippen LogP contribution >= 0.6 is 23.4 Å². The van der Waals surface area contributed by atoms with E-state index in [1.807, 2.05) is 78.3 Å². The van der Waals surface area contributed by atoms with E-state index in [9.17, 15) is 4.79 Å². The van der Waals surface area contributed by atoms with E-state index in [0.29, 0.717) is 21.7 Å². The molecule has 0 unspecified atom stereocenters. The Kier molecular flexibility index (Phi) is 6.17. The summed E-state index contributed by atoms with van der Waals surface area (Å²) in [7, 11) is 1.63. The molecule has 2 N–H and O–H groups in total. The number of fused-ring (bicyclic) bond motifs is 1. The molecule has 1 aliphatic rings. The molecule has 1 amide bonds. The van der Waals surface area contributed by atoms with Crippen LogP contribution in [-0.2, 0) is 4.79 Å².